The molecule has 1 aromatic rings. The molecule has 2 amide bonds. The monoisotopic (exact) mass is 244 g/mol. The molecule has 2 rings (SSSR count). The summed E-state index contributed by atoms with van der Waals surface area (Å²) in [6, 6.07) is 5.70. The molecule has 1 aliphatic carbocycles. The van der Waals surface area contributed by atoms with Gasteiger partial charge in [-0.25, -0.2) is 4.79 Å². The number of urea groups is 1. The minimum absolute atomic E-state index is 0.167. The summed E-state index contributed by atoms with van der Waals surface area (Å²) in [6.07, 6.45) is 2.13. The van der Waals surface area contributed by atoms with E-state index in [4.69, 9.17) is 5.11 Å². The molecule has 1 aromatic carbocycles. The summed E-state index contributed by atoms with van der Waals surface area (Å²) >= 11 is 0. The van der Waals surface area contributed by atoms with Crippen molar-refractivity contribution >= 4 is 11.7 Å². The van der Waals surface area contributed by atoms with Crippen molar-refractivity contribution in [3.05, 3.63) is 29.3 Å². The first-order valence-electron chi connectivity index (χ1n) is 5.97. The molecule has 0 aliphatic heterocycles. The highest BCUT2D eigenvalue weighted by atomic mass is 16.2. The minimum atomic E-state index is -0.178. The molecule has 0 saturated heterocycles. The van der Waals surface area contributed by atoms with Crippen molar-refractivity contribution in [1.29, 1.82) is 0 Å². The van der Waals surface area contributed by atoms with Crippen molar-refractivity contribution in [2.24, 2.45) is 0 Å². The Kier molecular flexibility index (Phi) is 3.85. The van der Waals surface area contributed by atoms with Gasteiger partial charge in [0.25, 0.3) is 0 Å². The molecule has 1 aliphatic rings. The van der Waals surface area contributed by atoms with Gasteiger partial charge in [0.1, 0.15) is 6.61 Å². The van der Waals surface area contributed by atoms with Crippen LogP contribution in [0.3, 0.4) is 0 Å². The molecule has 0 bridgehead atoms. The van der Waals surface area contributed by atoms with E-state index in [2.05, 4.69) is 22.5 Å². The Morgan fingerprint density at radius 3 is 2.94 bits per heavy atom. The summed E-state index contributed by atoms with van der Waals surface area (Å²) < 4.78 is 0. The van der Waals surface area contributed by atoms with Crippen LogP contribution in [0.1, 0.15) is 24.0 Å². The van der Waals surface area contributed by atoms with E-state index in [1.54, 1.807) is 0 Å². The average molecular weight is 244 g/mol. The lowest BCUT2D eigenvalue weighted by Gasteiger charge is -2.08. The van der Waals surface area contributed by atoms with E-state index in [-0.39, 0.29) is 12.6 Å². The third kappa shape index (κ3) is 3.51. The molecule has 94 valence electrons. The second kappa shape index (κ2) is 5.56. The average Bonchev–Trinajstić information content (AvgIpc) is 3.13. The van der Waals surface area contributed by atoms with Crippen LogP contribution >= 0.6 is 0 Å². The molecule has 0 atom stereocenters. The fourth-order valence-corrected chi connectivity index (χ4v) is 1.55. The van der Waals surface area contributed by atoms with Gasteiger partial charge < -0.3 is 15.7 Å². The van der Waals surface area contributed by atoms with Gasteiger partial charge in [-0.2, -0.15) is 0 Å². The molecule has 0 unspecified atom stereocenters. The third-order valence-electron chi connectivity index (χ3n) is 2.71. The number of carbonyl (C=O) groups is 1. The maximum Gasteiger partial charge on any atom is 0.319 e. The van der Waals surface area contributed by atoms with Gasteiger partial charge in [-0.15, -0.1) is 0 Å². The number of aliphatic hydroxyl groups excluding tert-OH is 1. The molecule has 18 heavy (non-hydrogen) atoms. The summed E-state index contributed by atoms with van der Waals surface area (Å²) in [7, 11) is 0. The van der Waals surface area contributed by atoms with Gasteiger partial charge >= 0.3 is 6.03 Å². The highest BCUT2D eigenvalue weighted by molar-refractivity contribution is 5.89. The van der Waals surface area contributed by atoms with Crippen LogP contribution in [0.4, 0.5) is 10.5 Å². The topological polar surface area (TPSA) is 61.4 Å². The predicted molar refractivity (Wildman–Crippen MR) is 70.3 cm³/mol. The first-order valence-corrected chi connectivity index (χ1v) is 5.97. The van der Waals surface area contributed by atoms with Crippen LogP contribution in [0.5, 0.6) is 0 Å². The Morgan fingerprint density at radius 2 is 2.28 bits per heavy atom. The van der Waals surface area contributed by atoms with Crippen molar-refractivity contribution in [1.82, 2.24) is 5.32 Å². The van der Waals surface area contributed by atoms with Gasteiger partial charge in [0.2, 0.25) is 0 Å². The summed E-state index contributed by atoms with van der Waals surface area (Å²) in [4.78, 5) is 11.6. The molecular weight excluding hydrogens is 228 g/mol. The lowest BCUT2D eigenvalue weighted by atomic mass is 10.1. The first kappa shape index (κ1) is 12.5. The van der Waals surface area contributed by atoms with Crippen LogP contribution in [-0.4, -0.2) is 23.8 Å². The molecule has 0 spiro atoms. The Morgan fingerprint density at radius 1 is 1.50 bits per heavy atom. The Balaban J connectivity index is 2.05. The van der Waals surface area contributed by atoms with Crippen molar-refractivity contribution in [2.45, 2.75) is 25.8 Å². The number of benzene rings is 1. The van der Waals surface area contributed by atoms with Crippen LogP contribution in [0, 0.1) is 18.8 Å². The smallest absolute Gasteiger partial charge is 0.319 e. The van der Waals surface area contributed by atoms with Crippen LogP contribution in [0.15, 0.2) is 18.2 Å². The lowest BCUT2D eigenvalue weighted by molar-refractivity contribution is 0.251. The maximum atomic E-state index is 11.6. The molecule has 0 heterocycles. The predicted octanol–water partition coefficient (Wildman–Crippen LogP) is 1.62. The summed E-state index contributed by atoms with van der Waals surface area (Å²) in [6.45, 7) is 1.77. The second-order valence-electron chi connectivity index (χ2n) is 4.36. The van der Waals surface area contributed by atoms with E-state index < -0.39 is 0 Å². The Bertz CT molecular complexity index is 510. The van der Waals surface area contributed by atoms with Crippen molar-refractivity contribution in [2.75, 3.05) is 11.9 Å². The van der Waals surface area contributed by atoms with E-state index in [1.807, 2.05) is 25.1 Å². The van der Waals surface area contributed by atoms with Gasteiger partial charge in [0, 0.05) is 17.3 Å². The number of amides is 2. The van der Waals surface area contributed by atoms with Crippen molar-refractivity contribution < 1.29 is 9.90 Å². The Hall–Kier alpha value is -1.99. The van der Waals surface area contributed by atoms with Crippen LogP contribution < -0.4 is 10.6 Å². The summed E-state index contributed by atoms with van der Waals surface area (Å²) in [5, 5.41) is 14.3. The minimum Gasteiger partial charge on any atom is -0.384 e. The summed E-state index contributed by atoms with van der Waals surface area (Å²) in [5.41, 5.74) is 2.54. The van der Waals surface area contributed by atoms with E-state index in [0.717, 1.165) is 24.0 Å². The van der Waals surface area contributed by atoms with Crippen molar-refractivity contribution in [3.8, 4) is 11.8 Å². The van der Waals surface area contributed by atoms with E-state index in [9.17, 15) is 4.79 Å². The van der Waals surface area contributed by atoms with Gasteiger partial charge in [0.05, 0.1) is 0 Å². The molecule has 0 radical (unpaired) electrons. The number of carbonyl (C=O) groups excluding carboxylic acids is 1. The van der Waals surface area contributed by atoms with Gasteiger partial charge in [-0.3, -0.25) is 0 Å². The second-order valence-corrected chi connectivity index (χ2v) is 4.36. The van der Waals surface area contributed by atoms with Gasteiger partial charge in [-0.05, 0) is 37.5 Å². The number of anilines is 1. The van der Waals surface area contributed by atoms with Crippen LogP contribution in [-0.2, 0) is 0 Å². The van der Waals surface area contributed by atoms with Crippen LogP contribution in [0.2, 0.25) is 0 Å². The highest BCUT2D eigenvalue weighted by Gasteiger charge is 2.23. The highest BCUT2D eigenvalue weighted by Crippen LogP contribution is 2.19. The SMILES string of the molecule is Cc1ccc(NC(=O)NC2CC2)cc1C#CCO. The number of nitrogens with one attached hydrogen (secondary N) is 2. The normalized spacial score (nSPS) is 13.4. The molecule has 1 saturated carbocycles. The number of rotatable bonds is 2. The maximum absolute atomic E-state index is 11.6. The Labute approximate surface area is 106 Å². The molecule has 3 N–H and O–H groups in total. The van der Waals surface area contributed by atoms with E-state index >= 15 is 0 Å². The number of hydrogen-bond donors (Lipinski definition) is 3. The van der Waals surface area contributed by atoms with Gasteiger partial charge in [-0.1, -0.05) is 17.9 Å². The lowest BCUT2D eigenvalue weighted by Crippen LogP contribution is -2.30. The third-order valence-corrected chi connectivity index (χ3v) is 2.71. The molecule has 0 aromatic heterocycles. The van der Waals surface area contributed by atoms with Gasteiger partial charge in [0.15, 0.2) is 0 Å². The summed E-state index contributed by atoms with van der Waals surface area (Å²) in [5.74, 6) is 5.46. The number of hydrogen-bond acceptors (Lipinski definition) is 2. The van der Waals surface area contributed by atoms with Crippen molar-refractivity contribution in [3.63, 3.8) is 0 Å². The molecule has 1 fully saturated rings. The zero-order chi connectivity index (χ0) is 13.0. The van der Waals surface area contributed by atoms with Crippen LogP contribution in [0.25, 0.3) is 0 Å². The number of aliphatic hydroxyl groups is 1. The first-order chi connectivity index (χ1) is 8.69. The largest absolute Gasteiger partial charge is 0.384 e. The number of aryl methyl sites for hydroxylation is 1. The standard InChI is InChI=1S/C14H16N2O2/c1-10-4-5-13(9-11(10)3-2-8-17)16-14(18)15-12-6-7-12/h4-5,9,12,17H,6-8H2,1H3,(H2,15,16,18). The zero-order valence-electron chi connectivity index (χ0n) is 10.3. The quantitative estimate of drug-likeness (QED) is 0.692. The molecular formula is C14H16N2O2. The fourth-order valence-electron chi connectivity index (χ4n) is 1.55. The zero-order valence-corrected chi connectivity index (χ0v) is 10.3. The fraction of sp³-hybridized carbons (Fsp3) is 0.357. The van der Waals surface area contributed by atoms with E-state index in [0.29, 0.717) is 11.7 Å². The molecule has 4 nitrogen and oxygen atoms in total. The van der Waals surface area contributed by atoms with E-state index in [1.165, 1.54) is 0 Å². The molecule has 4 heteroatoms.